The Morgan fingerprint density at radius 1 is 1.00 bits per heavy atom. The highest BCUT2D eigenvalue weighted by Gasteiger charge is 2.19. The molecule has 1 heterocycles. The average molecular weight is 274 g/mol. The fraction of sp³-hybridized carbons (Fsp3) is 0.588. The maximum Gasteiger partial charge on any atom is 0.163 e. The van der Waals surface area contributed by atoms with Crippen LogP contribution in [0.3, 0.4) is 0 Å². The number of carbonyl (C=O) groups is 1. The van der Waals surface area contributed by atoms with Gasteiger partial charge in [0.15, 0.2) is 17.3 Å². The van der Waals surface area contributed by atoms with Crippen LogP contribution in [-0.4, -0.2) is 19.0 Å². The first kappa shape index (κ1) is 13.5. The van der Waals surface area contributed by atoms with E-state index in [4.69, 9.17) is 9.47 Å². The van der Waals surface area contributed by atoms with Gasteiger partial charge >= 0.3 is 0 Å². The molecule has 0 aromatic heterocycles. The van der Waals surface area contributed by atoms with Gasteiger partial charge in [-0.3, -0.25) is 4.79 Å². The molecule has 1 fully saturated rings. The largest absolute Gasteiger partial charge is 0.486 e. The average Bonchev–Trinajstić information content (AvgIpc) is 2.75. The Morgan fingerprint density at radius 3 is 2.45 bits per heavy atom. The number of ketones is 1. The molecule has 1 saturated carbocycles. The molecular formula is C17H22O3. The lowest BCUT2D eigenvalue weighted by molar-refractivity contribution is 0.0955. The van der Waals surface area contributed by atoms with Gasteiger partial charge in [0.05, 0.1) is 0 Å². The van der Waals surface area contributed by atoms with Crippen molar-refractivity contribution in [2.45, 2.75) is 44.9 Å². The molecular weight excluding hydrogens is 252 g/mol. The topological polar surface area (TPSA) is 35.5 Å². The van der Waals surface area contributed by atoms with E-state index >= 15 is 0 Å². The van der Waals surface area contributed by atoms with Crippen LogP contribution in [0.15, 0.2) is 18.2 Å². The van der Waals surface area contributed by atoms with Crippen LogP contribution in [0.4, 0.5) is 0 Å². The summed E-state index contributed by atoms with van der Waals surface area (Å²) in [6, 6.07) is 5.56. The predicted octanol–water partition coefficient (Wildman–Crippen LogP) is 4.00. The zero-order valence-electron chi connectivity index (χ0n) is 11.9. The Balaban J connectivity index is 1.67. The number of ether oxygens (including phenoxy) is 2. The first-order valence-electron chi connectivity index (χ1n) is 7.76. The molecule has 1 aromatic rings. The summed E-state index contributed by atoms with van der Waals surface area (Å²) < 4.78 is 11.0. The predicted molar refractivity (Wildman–Crippen MR) is 77.6 cm³/mol. The summed E-state index contributed by atoms with van der Waals surface area (Å²) in [5, 5.41) is 0. The molecule has 0 bridgehead atoms. The van der Waals surface area contributed by atoms with Gasteiger partial charge < -0.3 is 9.47 Å². The second-order valence-corrected chi connectivity index (χ2v) is 5.84. The molecule has 3 rings (SSSR count). The van der Waals surface area contributed by atoms with Gasteiger partial charge in [-0.15, -0.1) is 0 Å². The minimum absolute atomic E-state index is 0.244. The van der Waals surface area contributed by atoms with E-state index in [-0.39, 0.29) is 5.78 Å². The van der Waals surface area contributed by atoms with Crippen molar-refractivity contribution in [3.05, 3.63) is 23.8 Å². The third kappa shape index (κ3) is 3.14. The molecule has 2 aliphatic rings. The Kier molecular flexibility index (Phi) is 4.24. The van der Waals surface area contributed by atoms with E-state index in [9.17, 15) is 4.79 Å². The van der Waals surface area contributed by atoms with Gasteiger partial charge in [-0.25, -0.2) is 0 Å². The van der Waals surface area contributed by atoms with Crippen molar-refractivity contribution in [2.24, 2.45) is 5.92 Å². The molecule has 108 valence electrons. The SMILES string of the molecule is O=C(CC1CCCCCC1)c1ccc2c(c1)OCCO2. The number of hydrogen-bond donors (Lipinski definition) is 0. The monoisotopic (exact) mass is 274 g/mol. The van der Waals surface area contributed by atoms with Gasteiger partial charge in [0.1, 0.15) is 13.2 Å². The maximum atomic E-state index is 12.4. The number of rotatable bonds is 3. The van der Waals surface area contributed by atoms with E-state index in [0.29, 0.717) is 31.3 Å². The fourth-order valence-corrected chi connectivity index (χ4v) is 3.16. The summed E-state index contributed by atoms with van der Waals surface area (Å²) in [7, 11) is 0. The standard InChI is InChI=1S/C17H22O3/c18-15(11-13-5-3-1-2-4-6-13)14-7-8-16-17(12-14)20-10-9-19-16/h7-8,12-13H,1-6,9-11H2. The van der Waals surface area contributed by atoms with E-state index in [1.165, 1.54) is 38.5 Å². The molecule has 20 heavy (non-hydrogen) atoms. The number of hydrogen-bond acceptors (Lipinski definition) is 3. The van der Waals surface area contributed by atoms with Crippen molar-refractivity contribution >= 4 is 5.78 Å². The Bertz CT molecular complexity index is 473. The lowest BCUT2D eigenvalue weighted by Gasteiger charge is -2.19. The second kappa shape index (κ2) is 6.29. The van der Waals surface area contributed by atoms with Gasteiger partial charge in [0, 0.05) is 12.0 Å². The molecule has 0 unspecified atom stereocenters. The summed E-state index contributed by atoms with van der Waals surface area (Å²) in [5.41, 5.74) is 0.762. The third-order valence-corrected chi connectivity index (χ3v) is 4.31. The molecule has 0 spiro atoms. The number of benzene rings is 1. The fourth-order valence-electron chi connectivity index (χ4n) is 3.16. The van der Waals surface area contributed by atoms with E-state index in [1.807, 2.05) is 18.2 Å². The van der Waals surface area contributed by atoms with E-state index in [2.05, 4.69) is 0 Å². The van der Waals surface area contributed by atoms with Crippen molar-refractivity contribution in [2.75, 3.05) is 13.2 Å². The molecule has 1 aliphatic heterocycles. The van der Waals surface area contributed by atoms with E-state index in [0.717, 1.165) is 11.3 Å². The van der Waals surface area contributed by atoms with Crippen LogP contribution in [-0.2, 0) is 0 Å². The molecule has 3 heteroatoms. The van der Waals surface area contributed by atoms with Crippen LogP contribution in [0.25, 0.3) is 0 Å². The molecule has 1 aromatic carbocycles. The Hall–Kier alpha value is -1.51. The molecule has 0 N–H and O–H groups in total. The molecule has 0 amide bonds. The van der Waals surface area contributed by atoms with Crippen LogP contribution in [0.5, 0.6) is 11.5 Å². The molecule has 0 saturated heterocycles. The molecule has 3 nitrogen and oxygen atoms in total. The van der Waals surface area contributed by atoms with E-state index in [1.54, 1.807) is 0 Å². The summed E-state index contributed by atoms with van der Waals surface area (Å²) in [4.78, 5) is 12.4. The van der Waals surface area contributed by atoms with Crippen molar-refractivity contribution in [3.63, 3.8) is 0 Å². The smallest absolute Gasteiger partial charge is 0.163 e. The van der Waals surface area contributed by atoms with Crippen molar-refractivity contribution in [3.8, 4) is 11.5 Å². The Labute approximate surface area is 120 Å². The number of Topliss-reactive ketones (excluding diaryl/α,β-unsaturated/α-hetero) is 1. The van der Waals surface area contributed by atoms with Gasteiger partial charge in [-0.2, -0.15) is 0 Å². The van der Waals surface area contributed by atoms with Crippen LogP contribution in [0.1, 0.15) is 55.3 Å². The van der Waals surface area contributed by atoms with Gasteiger partial charge in [-0.1, -0.05) is 38.5 Å². The van der Waals surface area contributed by atoms with Gasteiger partial charge in [0.2, 0.25) is 0 Å². The highest BCUT2D eigenvalue weighted by Crippen LogP contribution is 2.32. The quantitative estimate of drug-likeness (QED) is 0.617. The summed E-state index contributed by atoms with van der Waals surface area (Å²) >= 11 is 0. The van der Waals surface area contributed by atoms with Crippen molar-refractivity contribution < 1.29 is 14.3 Å². The second-order valence-electron chi connectivity index (χ2n) is 5.84. The van der Waals surface area contributed by atoms with Crippen LogP contribution in [0.2, 0.25) is 0 Å². The van der Waals surface area contributed by atoms with Gasteiger partial charge in [0.25, 0.3) is 0 Å². The lowest BCUT2D eigenvalue weighted by atomic mass is 9.92. The molecule has 1 aliphatic carbocycles. The first-order chi connectivity index (χ1) is 9.83. The zero-order chi connectivity index (χ0) is 13.8. The molecule has 0 atom stereocenters. The summed E-state index contributed by atoms with van der Waals surface area (Å²) in [6.45, 7) is 1.15. The first-order valence-corrected chi connectivity index (χ1v) is 7.76. The van der Waals surface area contributed by atoms with Crippen molar-refractivity contribution in [1.82, 2.24) is 0 Å². The van der Waals surface area contributed by atoms with Crippen LogP contribution in [0, 0.1) is 5.92 Å². The summed E-state index contributed by atoms with van der Waals surface area (Å²) in [6.07, 6.45) is 8.30. The number of fused-ring (bicyclic) bond motifs is 1. The highest BCUT2D eigenvalue weighted by atomic mass is 16.6. The Morgan fingerprint density at radius 2 is 1.70 bits per heavy atom. The van der Waals surface area contributed by atoms with Crippen LogP contribution >= 0.6 is 0 Å². The third-order valence-electron chi connectivity index (χ3n) is 4.31. The number of carbonyl (C=O) groups excluding carboxylic acids is 1. The minimum atomic E-state index is 0.244. The van der Waals surface area contributed by atoms with E-state index < -0.39 is 0 Å². The van der Waals surface area contributed by atoms with Gasteiger partial charge in [-0.05, 0) is 24.1 Å². The van der Waals surface area contributed by atoms with Crippen molar-refractivity contribution in [1.29, 1.82) is 0 Å². The lowest BCUT2D eigenvalue weighted by Crippen LogP contribution is -2.16. The summed E-state index contributed by atoms with van der Waals surface area (Å²) in [5.74, 6) is 2.28. The highest BCUT2D eigenvalue weighted by molar-refractivity contribution is 5.96. The maximum absolute atomic E-state index is 12.4. The normalized spacial score (nSPS) is 19.4. The minimum Gasteiger partial charge on any atom is -0.486 e. The van der Waals surface area contributed by atoms with Crippen LogP contribution < -0.4 is 9.47 Å². The molecule has 0 radical (unpaired) electrons. The zero-order valence-corrected chi connectivity index (χ0v) is 11.9.